The van der Waals surface area contributed by atoms with Crippen molar-refractivity contribution in [3.8, 4) is 5.75 Å². The number of hydrogen-bond donors (Lipinski definition) is 3. The number of amides is 3. The van der Waals surface area contributed by atoms with E-state index in [1.54, 1.807) is 43.5 Å². The summed E-state index contributed by atoms with van der Waals surface area (Å²) in [6, 6.07) is 13.3. The van der Waals surface area contributed by atoms with E-state index in [-0.39, 0.29) is 23.6 Å². The van der Waals surface area contributed by atoms with E-state index in [0.29, 0.717) is 22.7 Å². The van der Waals surface area contributed by atoms with Crippen LogP contribution in [0.2, 0.25) is 0 Å². The van der Waals surface area contributed by atoms with Crippen molar-refractivity contribution in [3.05, 3.63) is 54.1 Å². The molecule has 0 bridgehead atoms. The van der Waals surface area contributed by atoms with Crippen molar-refractivity contribution in [2.24, 2.45) is 5.92 Å². The maximum absolute atomic E-state index is 12.7. The van der Waals surface area contributed by atoms with E-state index in [1.807, 2.05) is 12.1 Å². The summed E-state index contributed by atoms with van der Waals surface area (Å²) in [5, 5.41) is 8.45. The zero-order valence-electron chi connectivity index (χ0n) is 17.2. The van der Waals surface area contributed by atoms with Gasteiger partial charge in [-0.3, -0.25) is 14.4 Å². The number of para-hydroxylation sites is 2. The van der Waals surface area contributed by atoms with Crippen molar-refractivity contribution in [2.75, 3.05) is 17.7 Å². The number of rotatable bonds is 7. The number of nitrogens with one attached hydrogen (secondary N) is 3. The van der Waals surface area contributed by atoms with Crippen molar-refractivity contribution in [2.45, 2.75) is 38.6 Å². The molecule has 0 saturated heterocycles. The van der Waals surface area contributed by atoms with E-state index in [4.69, 9.17) is 4.74 Å². The molecule has 3 rings (SSSR count). The maximum atomic E-state index is 12.7. The predicted octanol–water partition coefficient (Wildman–Crippen LogP) is 3.58. The van der Waals surface area contributed by atoms with Crippen LogP contribution in [0.3, 0.4) is 0 Å². The Balaban J connectivity index is 1.65. The predicted molar refractivity (Wildman–Crippen MR) is 116 cm³/mol. The fourth-order valence-electron chi connectivity index (χ4n) is 3.77. The summed E-state index contributed by atoms with van der Waals surface area (Å²) in [7, 11) is 1.54. The van der Waals surface area contributed by atoms with Crippen molar-refractivity contribution in [1.29, 1.82) is 0 Å². The molecule has 1 saturated carbocycles. The highest BCUT2D eigenvalue weighted by atomic mass is 16.5. The van der Waals surface area contributed by atoms with Gasteiger partial charge >= 0.3 is 0 Å². The van der Waals surface area contributed by atoms with Crippen LogP contribution in [-0.4, -0.2) is 30.9 Å². The Hall–Kier alpha value is -3.35. The minimum atomic E-state index is -0.543. The molecule has 0 spiro atoms. The van der Waals surface area contributed by atoms with Gasteiger partial charge < -0.3 is 20.7 Å². The molecule has 0 radical (unpaired) electrons. The summed E-state index contributed by atoms with van der Waals surface area (Å²) in [6.45, 7) is 1.42. The number of carbonyl (C=O) groups is 3. The van der Waals surface area contributed by atoms with Crippen LogP contribution < -0.4 is 20.7 Å². The summed E-state index contributed by atoms with van der Waals surface area (Å²) in [4.78, 5) is 36.8. The molecule has 158 valence electrons. The van der Waals surface area contributed by atoms with Gasteiger partial charge in [0.1, 0.15) is 11.8 Å². The van der Waals surface area contributed by atoms with Crippen LogP contribution in [0.4, 0.5) is 11.4 Å². The monoisotopic (exact) mass is 409 g/mol. The number of benzene rings is 2. The van der Waals surface area contributed by atoms with E-state index in [0.717, 1.165) is 25.7 Å². The van der Waals surface area contributed by atoms with Gasteiger partial charge in [0.2, 0.25) is 11.8 Å². The highest BCUT2D eigenvalue weighted by Gasteiger charge is 2.31. The number of carbonyl (C=O) groups excluding carboxylic acids is 3. The molecule has 0 heterocycles. The van der Waals surface area contributed by atoms with Gasteiger partial charge in [0, 0.05) is 18.2 Å². The first kappa shape index (κ1) is 21.4. The van der Waals surface area contributed by atoms with E-state index >= 15 is 0 Å². The molecule has 2 aromatic carbocycles. The third kappa shape index (κ3) is 5.37. The number of anilines is 2. The normalized spacial score (nSPS) is 14.6. The van der Waals surface area contributed by atoms with Gasteiger partial charge in [-0.2, -0.15) is 0 Å². The maximum Gasteiger partial charge on any atom is 0.255 e. The van der Waals surface area contributed by atoms with E-state index < -0.39 is 6.04 Å². The quantitative estimate of drug-likeness (QED) is 0.651. The lowest BCUT2D eigenvalue weighted by atomic mass is 9.97. The first-order valence-corrected chi connectivity index (χ1v) is 10.1. The minimum Gasteiger partial charge on any atom is -0.495 e. The lowest BCUT2D eigenvalue weighted by Gasteiger charge is -2.23. The van der Waals surface area contributed by atoms with Gasteiger partial charge in [0.15, 0.2) is 0 Å². The second-order valence-corrected chi connectivity index (χ2v) is 7.44. The van der Waals surface area contributed by atoms with Gasteiger partial charge in [0.25, 0.3) is 5.91 Å². The van der Waals surface area contributed by atoms with Gasteiger partial charge in [0.05, 0.1) is 12.8 Å². The summed E-state index contributed by atoms with van der Waals surface area (Å²) in [6.07, 6.45) is 4.01. The van der Waals surface area contributed by atoms with Crippen molar-refractivity contribution < 1.29 is 19.1 Å². The summed E-state index contributed by atoms with van der Waals surface area (Å²) < 4.78 is 5.24. The van der Waals surface area contributed by atoms with Crippen LogP contribution >= 0.6 is 0 Å². The molecule has 1 atom stereocenters. The zero-order valence-corrected chi connectivity index (χ0v) is 17.2. The number of hydrogen-bond acceptors (Lipinski definition) is 4. The molecule has 1 unspecified atom stereocenters. The Morgan fingerprint density at radius 3 is 2.27 bits per heavy atom. The highest BCUT2D eigenvalue weighted by Crippen LogP contribution is 2.28. The second kappa shape index (κ2) is 9.91. The molecule has 30 heavy (non-hydrogen) atoms. The lowest BCUT2D eigenvalue weighted by Crippen LogP contribution is -2.47. The Kier molecular flexibility index (Phi) is 7.06. The highest BCUT2D eigenvalue weighted by molar-refractivity contribution is 6.05. The van der Waals surface area contributed by atoms with Crippen LogP contribution in [0, 0.1) is 5.92 Å². The molecule has 3 N–H and O–H groups in total. The lowest BCUT2D eigenvalue weighted by molar-refractivity contribution is -0.126. The third-order valence-electron chi connectivity index (χ3n) is 5.28. The van der Waals surface area contributed by atoms with Gasteiger partial charge in [-0.25, -0.2) is 0 Å². The van der Waals surface area contributed by atoms with Crippen LogP contribution in [0.25, 0.3) is 0 Å². The molecular weight excluding hydrogens is 382 g/mol. The average Bonchev–Trinajstić information content (AvgIpc) is 3.27. The Morgan fingerprint density at radius 1 is 0.967 bits per heavy atom. The molecule has 0 aromatic heterocycles. The van der Waals surface area contributed by atoms with Crippen molar-refractivity contribution >= 4 is 29.1 Å². The van der Waals surface area contributed by atoms with Crippen LogP contribution in [-0.2, 0) is 9.59 Å². The van der Waals surface area contributed by atoms with Gasteiger partial charge in [-0.1, -0.05) is 25.0 Å². The number of methoxy groups -OCH3 is 1. The van der Waals surface area contributed by atoms with Crippen LogP contribution in [0.1, 0.15) is 43.0 Å². The van der Waals surface area contributed by atoms with Gasteiger partial charge in [-0.15, -0.1) is 0 Å². The molecule has 0 aliphatic heterocycles. The largest absolute Gasteiger partial charge is 0.495 e. The summed E-state index contributed by atoms with van der Waals surface area (Å²) >= 11 is 0. The molecule has 1 fully saturated rings. The zero-order chi connectivity index (χ0) is 21.5. The standard InChI is InChI=1S/C23H27N3O4/c1-15(27)24-21(16-7-3-4-8-16)23(29)25-18-13-11-17(12-14-18)22(28)26-19-9-5-6-10-20(19)30-2/h5-6,9-14,16,21H,3-4,7-8H2,1-2H3,(H,24,27)(H,25,29)(H,26,28). The molecule has 7 heteroatoms. The van der Waals surface area contributed by atoms with Crippen LogP contribution in [0.15, 0.2) is 48.5 Å². The molecule has 1 aliphatic rings. The molecule has 1 aliphatic carbocycles. The van der Waals surface area contributed by atoms with E-state index in [9.17, 15) is 14.4 Å². The molecular formula is C23H27N3O4. The van der Waals surface area contributed by atoms with E-state index in [1.165, 1.54) is 6.92 Å². The molecule has 7 nitrogen and oxygen atoms in total. The third-order valence-corrected chi connectivity index (χ3v) is 5.28. The Morgan fingerprint density at radius 2 is 1.63 bits per heavy atom. The smallest absolute Gasteiger partial charge is 0.255 e. The molecule has 2 aromatic rings. The fraction of sp³-hybridized carbons (Fsp3) is 0.348. The van der Waals surface area contributed by atoms with E-state index in [2.05, 4.69) is 16.0 Å². The Bertz CT molecular complexity index is 905. The van der Waals surface area contributed by atoms with Crippen molar-refractivity contribution in [1.82, 2.24) is 5.32 Å². The SMILES string of the molecule is COc1ccccc1NC(=O)c1ccc(NC(=O)C(NC(C)=O)C2CCCC2)cc1. The Labute approximate surface area is 176 Å². The second-order valence-electron chi connectivity index (χ2n) is 7.44. The first-order chi connectivity index (χ1) is 14.5. The minimum absolute atomic E-state index is 0.153. The fourth-order valence-corrected chi connectivity index (χ4v) is 3.77. The first-order valence-electron chi connectivity index (χ1n) is 10.1. The summed E-state index contributed by atoms with van der Waals surface area (Å²) in [5.74, 6) is -0.00125. The number of ether oxygens (including phenoxy) is 1. The van der Waals surface area contributed by atoms with Gasteiger partial charge in [-0.05, 0) is 55.2 Å². The van der Waals surface area contributed by atoms with Crippen molar-refractivity contribution in [3.63, 3.8) is 0 Å². The topological polar surface area (TPSA) is 96.5 Å². The average molecular weight is 409 g/mol. The van der Waals surface area contributed by atoms with Crippen LogP contribution in [0.5, 0.6) is 5.75 Å². The molecule has 3 amide bonds. The summed E-state index contributed by atoms with van der Waals surface area (Å²) in [5.41, 5.74) is 1.60.